The SMILES string of the molecule is Cc1[nH]n(-c2ccc(S(N)(=O)=O)cc2)c(=O)c1CCO. The number of hydrogen-bond acceptors (Lipinski definition) is 4. The van der Waals surface area contributed by atoms with Gasteiger partial charge in [-0.3, -0.25) is 9.89 Å². The molecule has 0 atom stereocenters. The fraction of sp³-hybridized carbons (Fsp3) is 0.250. The van der Waals surface area contributed by atoms with E-state index in [1.807, 2.05) is 0 Å². The van der Waals surface area contributed by atoms with E-state index < -0.39 is 10.0 Å². The highest BCUT2D eigenvalue weighted by molar-refractivity contribution is 7.89. The molecule has 2 aromatic rings. The molecule has 1 heterocycles. The van der Waals surface area contributed by atoms with Crippen molar-refractivity contribution in [3.05, 3.63) is 45.9 Å². The summed E-state index contributed by atoms with van der Waals surface area (Å²) in [7, 11) is -3.75. The number of aryl methyl sites for hydroxylation is 1. The van der Waals surface area contributed by atoms with Crippen LogP contribution in [-0.4, -0.2) is 29.9 Å². The number of aromatic nitrogens is 2. The lowest BCUT2D eigenvalue weighted by Crippen LogP contribution is -2.18. The van der Waals surface area contributed by atoms with Crippen LogP contribution in [0.1, 0.15) is 11.3 Å². The second-order valence-electron chi connectivity index (χ2n) is 4.37. The molecule has 0 saturated carbocycles. The van der Waals surface area contributed by atoms with Crippen molar-refractivity contribution in [1.29, 1.82) is 0 Å². The zero-order valence-electron chi connectivity index (χ0n) is 10.8. The summed E-state index contributed by atoms with van der Waals surface area (Å²) < 4.78 is 23.6. The van der Waals surface area contributed by atoms with E-state index in [2.05, 4.69) is 5.10 Å². The van der Waals surface area contributed by atoms with Crippen molar-refractivity contribution in [2.45, 2.75) is 18.2 Å². The highest BCUT2D eigenvalue weighted by atomic mass is 32.2. The van der Waals surface area contributed by atoms with Gasteiger partial charge >= 0.3 is 0 Å². The number of primary sulfonamides is 1. The number of aliphatic hydroxyl groups is 1. The van der Waals surface area contributed by atoms with E-state index in [0.29, 0.717) is 16.9 Å². The van der Waals surface area contributed by atoms with E-state index >= 15 is 0 Å². The summed E-state index contributed by atoms with van der Waals surface area (Å²) in [6.07, 6.45) is 0.267. The van der Waals surface area contributed by atoms with Crippen LogP contribution in [0.3, 0.4) is 0 Å². The van der Waals surface area contributed by atoms with Gasteiger partial charge in [0.1, 0.15) is 0 Å². The van der Waals surface area contributed by atoms with Crippen molar-refractivity contribution in [3.63, 3.8) is 0 Å². The Morgan fingerprint density at radius 1 is 1.30 bits per heavy atom. The van der Waals surface area contributed by atoms with Crippen molar-refractivity contribution in [2.24, 2.45) is 5.14 Å². The third kappa shape index (κ3) is 2.67. The smallest absolute Gasteiger partial charge is 0.274 e. The lowest BCUT2D eigenvalue weighted by molar-refractivity contribution is 0.299. The van der Waals surface area contributed by atoms with Crippen LogP contribution < -0.4 is 10.7 Å². The quantitative estimate of drug-likeness (QED) is 0.715. The summed E-state index contributed by atoms with van der Waals surface area (Å²) in [5, 5.41) is 16.8. The van der Waals surface area contributed by atoms with E-state index in [1.54, 1.807) is 6.92 Å². The van der Waals surface area contributed by atoms with Crippen LogP contribution in [0.25, 0.3) is 5.69 Å². The third-order valence-electron chi connectivity index (χ3n) is 2.98. The van der Waals surface area contributed by atoms with Gasteiger partial charge in [0.25, 0.3) is 5.56 Å². The Bertz CT molecular complexity index is 772. The van der Waals surface area contributed by atoms with E-state index in [-0.39, 0.29) is 23.5 Å². The maximum Gasteiger partial charge on any atom is 0.274 e. The average molecular weight is 297 g/mol. The Morgan fingerprint density at radius 2 is 1.90 bits per heavy atom. The van der Waals surface area contributed by atoms with Gasteiger partial charge in [0, 0.05) is 24.3 Å². The minimum absolute atomic E-state index is 0.0202. The molecule has 0 aliphatic rings. The fourth-order valence-electron chi connectivity index (χ4n) is 1.95. The zero-order valence-corrected chi connectivity index (χ0v) is 11.6. The highest BCUT2D eigenvalue weighted by Gasteiger charge is 2.13. The number of nitrogens with one attached hydrogen (secondary N) is 1. The van der Waals surface area contributed by atoms with Crippen LogP contribution in [0.4, 0.5) is 0 Å². The molecule has 0 unspecified atom stereocenters. The first-order valence-electron chi connectivity index (χ1n) is 5.89. The van der Waals surface area contributed by atoms with Gasteiger partial charge in [-0.1, -0.05) is 0 Å². The van der Waals surface area contributed by atoms with Crippen molar-refractivity contribution in [2.75, 3.05) is 6.61 Å². The molecule has 0 radical (unpaired) electrons. The van der Waals surface area contributed by atoms with E-state index in [1.165, 1.54) is 28.9 Å². The number of aliphatic hydroxyl groups excluding tert-OH is 1. The molecule has 0 fully saturated rings. The second kappa shape index (κ2) is 5.23. The minimum atomic E-state index is -3.75. The Balaban J connectivity index is 2.48. The Hall–Kier alpha value is -1.90. The number of nitrogens with zero attached hydrogens (tertiary/aromatic N) is 1. The maximum atomic E-state index is 12.1. The van der Waals surface area contributed by atoms with E-state index in [4.69, 9.17) is 10.2 Å². The van der Waals surface area contributed by atoms with Crippen LogP contribution in [0, 0.1) is 6.92 Å². The van der Waals surface area contributed by atoms with Crippen molar-refractivity contribution in [3.8, 4) is 5.69 Å². The third-order valence-corrected chi connectivity index (χ3v) is 3.91. The van der Waals surface area contributed by atoms with Crippen LogP contribution in [0.5, 0.6) is 0 Å². The molecular weight excluding hydrogens is 282 g/mol. The number of sulfonamides is 1. The molecular formula is C12H15N3O4S. The van der Waals surface area contributed by atoms with Gasteiger partial charge in [-0.25, -0.2) is 18.2 Å². The van der Waals surface area contributed by atoms with Crippen LogP contribution in [0.15, 0.2) is 34.0 Å². The second-order valence-corrected chi connectivity index (χ2v) is 5.93. The highest BCUT2D eigenvalue weighted by Crippen LogP contribution is 2.12. The normalized spacial score (nSPS) is 11.8. The van der Waals surface area contributed by atoms with Crippen molar-refractivity contribution >= 4 is 10.0 Å². The molecule has 20 heavy (non-hydrogen) atoms. The Labute approximate surface area is 115 Å². The number of H-pyrrole nitrogens is 1. The van der Waals surface area contributed by atoms with E-state index in [0.717, 1.165) is 0 Å². The first-order valence-corrected chi connectivity index (χ1v) is 7.44. The largest absolute Gasteiger partial charge is 0.396 e. The van der Waals surface area contributed by atoms with Gasteiger partial charge in [-0.05, 0) is 31.2 Å². The molecule has 0 aliphatic carbocycles. The van der Waals surface area contributed by atoms with Gasteiger partial charge in [-0.15, -0.1) is 0 Å². The van der Waals surface area contributed by atoms with Gasteiger partial charge in [0.2, 0.25) is 10.0 Å². The summed E-state index contributed by atoms with van der Waals surface area (Å²) >= 11 is 0. The number of hydrogen-bond donors (Lipinski definition) is 3. The summed E-state index contributed by atoms with van der Waals surface area (Å²) in [6, 6.07) is 5.64. The minimum Gasteiger partial charge on any atom is -0.396 e. The van der Waals surface area contributed by atoms with Crippen LogP contribution in [-0.2, 0) is 16.4 Å². The first kappa shape index (κ1) is 14.5. The molecule has 1 aromatic carbocycles. The lowest BCUT2D eigenvalue weighted by Gasteiger charge is -2.03. The van der Waals surface area contributed by atoms with Crippen molar-refractivity contribution < 1.29 is 13.5 Å². The molecule has 108 valence electrons. The molecule has 1 aromatic heterocycles. The molecule has 0 aliphatic heterocycles. The molecule has 0 bridgehead atoms. The van der Waals surface area contributed by atoms with Crippen molar-refractivity contribution in [1.82, 2.24) is 9.78 Å². The lowest BCUT2D eigenvalue weighted by atomic mass is 10.2. The molecule has 2 rings (SSSR count). The Morgan fingerprint density at radius 3 is 2.40 bits per heavy atom. The number of benzene rings is 1. The van der Waals surface area contributed by atoms with Gasteiger partial charge in [0.15, 0.2) is 0 Å². The number of aromatic amines is 1. The molecule has 8 heteroatoms. The zero-order chi connectivity index (χ0) is 14.9. The summed E-state index contributed by atoms with van der Waals surface area (Å²) in [6.45, 7) is 1.62. The average Bonchev–Trinajstić information content (AvgIpc) is 2.66. The van der Waals surface area contributed by atoms with Gasteiger partial charge in [-0.2, -0.15) is 0 Å². The topological polar surface area (TPSA) is 118 Å². The molecule has 0 spiro atoms. The maximum absolute atomic E-state index is 12.1. The number of nitrogens with two attached hydrogens (primary N) is 1. The monoisotopic (exact) mass is 297 g/mol. The molecule has 7 nitrogen and oxygen atoms in total. The summed E-state index contributed by atoms with van der Waals surface area (Å²) in [4.78, 5) is 12.1. The predicted octanol–water partition coefficient (Wildman–Crippen LogP) is -0.344. The predicted molar refractivity (Wildman–Crippen MR) is 73.3 cm³/mol. The number of rotatable bonds is 4. The molecule has 0 saturated heterocycles. The van der Waals surface area contributed by atoms with Gasteiger partial charge in [0.05, 0.1) is 10.6 Å². The Kier molecular flexibility index (Phi) is 3.80. The molecule has 4 N–H and O–H groups in total. The standard InChI is InChI=1S/C12H15N3O4S/c1-8-11(6-7-16)12(17)15(14-8)9-2-4-10(5-3-9)20(13,18)19/h2-5,14,16H,6-7H2,1H3,(H2,13,18,19). The fourth-order valence-corrected chi connectivity index (χ4v) is 2.47. The summed E-state index contributed by atoms with van der Waals surface area (Å²) in [5.41, 5.74) is 1.40. The summed E-state index contributed by atoms with van der Waals surface area (Å²) in [5.74, 6) is 0. The van der Waals surface area contributed by atoms with Crippen LogP contribution in [0.2, 0.25) is 0 Å². The molecule has 0 amide bonds. The van der Waals surface area contributed by atoms with E-state index in [9.17, 15) is 13.2 Å². The first-order chi connectivity index (χ1) is 9.34. The van der Waals surface area contributed by atoms with Crippen LogP contribution >= 0.6 is 0 Å². The van der Waals surface area contributed by atoms with Gasteiger partial charge < -0.3 is 5.11 Å².